The maximum Gasteiger partial charge on any atom is 0.257 e. The number of hydrogen-bond donors (Lipinski definition) is 2. The van der Waals surface area contributed by atoms with Crippen molar-refractivity contribution in [2.75, 3.05) is 18.5 Å². The molecule has 0 aliphatic rings. The van der Waals surface area contributed by atoms with Gasteiger partial charge in [-0.1, -0.05) is 36.0 Å². The SMILES string of the molecule is CCNC(=O)COc1cccc(NC(=O)c2ccccc2CSc2nc3nc(C)cc(C)n3n2)c1. The molecule has 0 aliphatic carbocycles. The third-order valence-corrected chi connectivity index (χ3v) is 5.94. The van der Waals surface area contributed by atoms with Gasteiger partial charge in [-0.2, -0.15) is 4.98 Å². The molecule has 4 aromatic rings. The number of carbonyl (C=O) groups excluding carboxylic acids is 2. The molecule has 0 radical (unpaired) electrons. The number of amides is 2. The molecule has 2 amide bonds. The van der Waals surface area contributed by atoms with Gasteiger partial charge in [0.2, 0.25) is 5.16 Å². The molecule has 10 heteroatoms. The Morgan fingerprint density at radius 1 is 1.06 bits per heavy atom. The minimum Gasteiger partial charge on any atom is -0.484 e. The molecule has 0 atom stereocenters. The summed E-state index contributed by atoms with van der Waals surface area (Å²) in [5, 5.41) is 10.7. The highest BCUT2D eigenvalue weighted by molar-refractivity contribution is 7.98. The van der Waals surface area contributed by atoms with Gasteiger partial charge in [0.1, 0.15) is 5.75 Å². The summed E-state index contributed by atoms with van der Waals surface area (Å²) in [5.41, 5.74) is 3.84. The molecule has 2 aromatic heterocycles. The number of anilines is 1. The summed E-state index contributed by atoms with van der Waals surface area (Å²) < 4.78 is 7.23. The van der Waals surface area contributed by atoms with E-state index in [1.165, 1.54) is 11.8 Å². The topological polar surface area (TPSA) is 111 Å². The van der Waals surface area contributed by atoms with Gasteiger partial charge in [0.15, 0.2) is 6.61 Å². The van der Waals surface area contributed by atoms with Crippen LogP contribution < -0.4 is 15.4 Å². The van der Waals surface area contributed by atoms with Crippen LogP contribution in [0.4, 0.5) is 5.69 Å². The number of hydrogen-bond acceptors (Lipinski definition) is 7. The molecule has 0 aliphatic heterocycles. The Morgan fingerprint density at radius 2 is 1.89 bits per heavy atom. The number of likely N-dealkylation sites (N-methyl/N-ethyl adjacent to an activating group) is 1. The van der Waals surface area contributed by atoms with E-state index < -0.39 is 0 Å². The fourth-order valence-corrected chi connectivity index (χ4v) is 4.30. The fourth-order valence-electron chi connectivity index (χ4n) is 3.48. The first-order valence-electron chi connectivity index (χ1n) is 11.2. The van der Waals surface area contributed by atoms with E-state index in [0.717, 1.165) is 17.0 Å². The monoisotopic (exact) mass is 490 g/mol. The van der Waals surface area contributed by atoms with Crippen molar-refractivity contribution in [2.24, 2.45) is 0 Å². The summed E-state index contributed by atoms with van der Waals surface area (Å²) in [6.45, 7) is 6.19. The summed E-state index contributed by atoms with van der Waals surface area (Å²) in [7, 11) is 0. The number of fused-ring (bicyclic) bond motifs is 1. The van der Waals surface area contributed by atoms with Crippen LogP contribution in [0.15, 0.2) is 59.8 Å². The number of aryl methyl sites for hydroxylation is 2. The Kier molecular flexibility index (Phi) is 7.61. The number of benzene rings is 2. The molecule has 0 fully saturated rings. The largest absolute Gasteiger partial charge is 0.484 e. The maximum absolute atomic E-state index is 13.1. The van der Waals surface area contributed by atoms with E-state index in [9.17, 15) is 9.59 Å². The van der Waals surface area contributed by atoms with E-state index in [2.05, 4.69) is 25.7 Å². The predicted octanol–water partition coefficient (Wildman–Crippen LogP) is 3.80. The van der Waals surface area contributed by atoms with Crippen LogP contribution in [0.25, 0.3) is 5.78 Å². The number of carbonyl (C=O) groups is 2. The summed E-state index contributed by atoms with van der Waals surface area (Å²) in [6.07, 6.45) is 0. The van der Waals surface area contributed by atoms with Gasteiger partial charge in [0.05, 0.1) is 0 Å². The first-order valence-corrected chi connectivity index (χ1v) is 12.1. The second-order valence-corrected chi connectivity index (χ2v) is 8.76. The fraction of sp³-hybridized carbons (Fsp3) is 0.240. The van der Waals surface area contributed by atoms with Gasteiger partial charge in [-0.25, -0.2) is 9.50 Å². The van der Waals surface area contributed by atoms with Crippen LogP contribution in [0.1, 0.15) is 34.2 Å². The van der Waals surface area contributed by atoms with Crippen molar-refractivity contribution in [2.45, 2.75) is 31.7 Å². The number of rotatable bonds is 9. The van der Waals surface area contributed by atoms with Crippen LogP contribution in [-0.2, 0) is 10.5 Å². The van der Waals surface area contributed by atoms with Crippen LogP contribution in [0.5, 0.6) is 5.75 Å². The second-order valence-electron chi connectivity index (χ2n) is 7.82. The average Bonchev–Trinajstić information content (AvgIpc) is 3.25. The Bertz CT molecular complexity index is 1370. The van der Waals surface area contributed by atoms with E-state index in [-0.39, 0.29) is 18.4 Å². The van der Waals surface area contributed by atoms with Gasteiger partial charge < -0.3 is 15.4 Å². The van der Waals surface area contributed by atoms with Crippen molar-refractivity contribution in [1.29, 1.82) is 0 Å². The zero-order chi connectivity index (χ0) is 24.8. The van der Waals surface area contributed by atoms with Gasteiger partial charge in [-0.05, 0) is 50.6 Å². The second kappa shape index (κ2) is 11.0. The molecule has 0 unspecified atom stereocenters. The molecule has 2 heterocycles. The van der Waals surface area contributed by atoms with Gasteiger partial charge >= 0.3 is 0 Å². The first kappa shape index (κ1) is 24.2. The molecule has 180 valence electrons. The van der Waals surface area contributed by atoms with Gasteiger partial charge in [0.25, 0.3) is 17.6 Å². The Morgan fingerprint density at radius 3 is 2.71 bits per heavy atom. The minimum atomic E-state index is -0.238. The smallest absolute Gasteiger partial charge is 0.257 e. The summed E-state index contributed by atoms with van der Waals surface area (Å²) in [5.74, 6) is 1.14. The third kappa shape index (κ3) is 6.15. The average molecular weight is 491 g/mol. The van der Waals surface area contributed by atoms with E-state index in [0.29, 0.717) is 40.2 Å². The van der Waals surface area contributed by atoms with E-state index in [1.807, 2.05) is 45.0 Å². The first-order chi connectivity index (χ1) is 16.9. The highest BCUT2D eigenvalue weighted by Gasteiger charge is 2.14. The molecule has 9 nitrogen and oxygen atoms in total. The van der Waals surface area contributed by atoms with E-state index in [4.69, 9.17) is 4.74 Å². The Labute approximate surface area is 207 Å². The molecule has 35 heavy (non-hydrogen) atoms. The van der Waals surface area contributed by atoms with Gasteiger partial charge in [-0.3, -0.25) is 9.59 Å². The molecular formula is C25H26N6O3S. The normalized spacial score (nSPS) is 10.8. The number of thioether (sulfide) groups is 1. The third-order valence-electron chi connectivity index (χ3n) is 5.05. The van der Waals surface area contributed by atoms with Gasteiger partial charge in [0, 0.05) is 41.0 Å². The van der Waals surface area contributed by atoms with Crippen LogP contribution >= 0.6 is 11.8 Å². The van der Waals surface area contributed by atoms with E-state index in [1.54, 1.807) is 34.8 Å². The number of nitrogens with one attached hydrogen (secondary N) is 2. The van der Waals surface area contributed by atoms with Crippen molar-refractivity contribution < 1.29 is 14.3 Å². The molecule has 4 rings (SSSR count). The van der Waals surface area contributed by atoms with Crippen molar-refractivity contribution in [3.8, 4) is 5.75 Å². The van der Waals surface area contributed by atoms with Crippen LogP contribution in [0, 0.1) is 13.8 Å². The maximum atomic E-state index is 13.1. The molecule has 0 saturated carbocycles. The lowest BCUT2D eigenvalue weighted by Gasteiger charge is -2.11. The molecular weight excluding hydrogens is 464 g/mol. The minimum absolute atomic E-state index is 0.0863. The lowest BCUT2D eigenvalue weighted by atomic mass is 10.1. The zero-order valence-electron chi connectivity index (χ0n) is 19.7. The summed E-state index contributed by atoms with van der Waals surface area (Å²) in [6, 6.07) is 16.3. The van der Waals surface area contributed by atoms with E-state index >= 15 is 0 Å². The van der Waals surface area contributed by atoms with Crippen LogP contribution in [0.2, 0.25) is 0 Å². The number of nitrogens with zero attached hydrogens (tertiary/aromatic N) is 4. The highest BCUT2D eigenvalue weighted by atomic mass is 32.2. The number of aromatic nitrogens is 4. The van der Waals surface area contributed by atoms with Crippen LogP contribution in [-0.4, -0.2) is 44.5 Å². The highest BCUT2D eigenvalue weighted by Crippen LogP contribution is 2.24. The molecule has 0 bridgehead atoms. The molecule has 0 saturated heterocycles. The molecule has 2 aromatic carbocycles. The quantitative estimate of drug-likeness (QED) is 0.343. The lowest BCUT2D eigenvalue weighted by Crippen LogP contribution is -2.28. The zero-order valence-corrected chi connectivity index (χ0v) is 20.6. The van der Waals surface area contributed by atoms with Crippen molar-refractivity contribution in [3.05, 3.63) is 77.1 Å². The van der Waals surface area contributed by atoms with Crippen molar-refractivity contribution in [3.63, 3.8) is 0 Å². The summed E-state index contributed by atoms with van der Waals surface area (Å²) >= 11 is 1.45. The summed E-state index contributed by atoms with van der Waals surface area (Å²) in [4.78, 5) is 33.6. The predicted molar refractivity (Wildman–Crippen MR) is 135 cm³/mol. The Hall–Kier alpha value is -3.92. The number of ether oxygens (including phenoxy) is 1. The van der Waals surface area contributed by atoms with Crippen molar-refractivity contribution >= 4 is 35.0 Å². The van der Waals surface area contributed by atoms with Crippen LogP contribution in [0.3, 0.4) is 0 Å². The Balaban J connectivity index is 1.43. The molecule has 2 N–H and O–H groups in total. The standard InChI is InChI=1S/C25H26N6O3S/c1-4-26-22(32)14-34-20-10-7-9-19(13-20)28-23(33)21-11-6-5-8-18(21)15-35-25-29-24-27-16(2)12-17(3)31(24)30-25/h5-13H,4,14-15H2,1-3H3,(H,26,32)(H,28,33). The van der Waals surface area contributed by atoms with Gasteiger partial charge in [-0.15, -0.1) is 5.10 Å². The lowest BCUT2D eigenvalue weighted by molar-refractivity contribution is -0.122. The van der Waals surface area contributed by atoms with Crippen molar-refractivity contribution in [1.82, 2.24) is 24.9 Å². The molecule has 0 spiro atoms.